The summed E-state index contributed by atoms with van der Waals surface area (Å²) in [6.45, 7) is 2.10. The fourth-order valence-corrected chi connectivity index (χ4v) is 1.73. The number of rotatable bonds is 10. The third kappa shape index (κ3) is 10.9. The molecule has 1 unspecified atom stereocenters. The number of hydrogen-bond donors (Lipinski definition) is 2. The minimum absolute atomic E-state index is 0.518. The molecule has 0 aromatic heterocycles. The molecular weight excluding hydrogens is 232 g/mol. The monoisotopic (exact) mass is 254 g/mol. The van der Waals surface area contributed by atoms with Crippen LogP contribution in [0.2, 0.25) is 0 Å². The predicted octanol–water partition coefficient (Wildman–Crippen LogP) is 3.24. The Morgan fingerprint density at radius 3 is 2.22 bits per heavy atom. The zero-order chi connectivity index (χ0) is 13.8. The highest BCUT2D eigenvalue weighted by Crippen LogP contribution is 2.17. The summed E-state index contributed by atoms with van der Waals surface area (Å²) in [7, 11) is 0. The van der Waals surface area contributed by atoms with Gasteiger partial charge in [-0.2, -0.15) is 0 Å². The summed E-state index contributed by atoms with van der Waals surface area (Å²) >= 11 is 0. The van der Waals surface area contributed by atoms with Gasteiger partial charge in [0.2, 0.25) is 0 Å². The van der Waals surface area contributed by atoms with Gasteiger partial charge in [-0.25, -0.2) is 9.59 Å². The molecule has 0 aliphatic heterocycles. The molecule has 0 aromatic rings. The molecule has 0 radical (unpaired) electrons. The summed E-state index contributed by atoms with van der Waals surface area (Å²) in [5, 5.41) is 16.9. The van der Waals surface area contributed by atoms with E-state index in [1.165, 1.54) is 12.2 Å². The molecule has 18 heavy (non-hydrogen) atoms. The molecule has 0 aliphatic rings. The molecule has 2 N–H and O–H groups in total. The molecule has 4 heteroatoms. The van der Waals surface area contributed by atoms with Crippen LogP contribution in [0.15, 0.2) is 24.3 Å². The first-order valence-corrected chi connectivity index (χ1v) is 6.35. The third-order valence-electron chi connectivity index (χ3n) is 2.80. The standard InChI is InChI=1S/C14H22O4/c1-2-12(9-7-11-14(17)18)8-5-3-4-6-10-13(15)16/h6-7,10-12H,2-5,8-9H2,1H3,(H,15,16)(H,17,18). The molecule has 4 nitrogen and oxygen atoms in total. The second-order valence-corrected chi connectivity index (χ2v) is 4.28. The van der Waals surface area contributed by atoms with Crippen LogP contribution in [0.4, 0.5) is 0 Å². The van der Waals surface area contributed by atoms with Crippen LogP contribution in [0.3, 0.4) is 0 Å². The summed E-state index contributed by atoms with van der Waals surface area (Å²) in [5.74, 6) is -1.28. The summed E-state index contributed by atoms with van der Waals surface area (Å²) in [6.07, 6.45) is 11.4. The van der Waals surface area contributed by atoms with Gasteiger partial charge in [0, 0.05) is 12.2 Å². The molecule has 0 fully saturated rings. The van der Waals surface area contributed by atoms with Gasteiger partial charge < -0.3 is 10.2 Å². The molecule has 0 spiro atoms. The van der Waals surface area contributed by atoms with Crippen molar-refractivity contribution in [1.29, 1.82) is 0 Å². The summed E-state index contributed by atoms with van der Waals surface area (Å²) in [6, 6.07) is 0. The van der Waals surface area contributed by atoms with E-state index in [1.807, 2.05) is 0 Å². The molecule has 102 valence electrons. The molecule has 0 amide bonds. The summed E-state index contributed by atoms with van der Waals surface area (Å²) in [4.78, 5) is 20.5. The molecule has 0 bridgehead atoms. The van der Waals surface area contributed by atoms with Crippen molar-refractivity contribution in [2.75, 3.05) is 0 Å². The van der Waals surface area contributed by atoms with E-state index in [-0.39, 0.29) is 0 Å². The number of allylic oxidation sites excluding steroid dienone is 2. The average Bonchev–Trinajstić information content (AvgIpc) is 2.30. The van der Waals surface area contributed by atoms with Crippen molar-refractivity contribution in [3.8, 4) is 0 Å². The van der Waals surface area contributed by atoms with Crippen molar-refractivity contribution in [1.82, 2.24) is 0 Å². The van der Waals surface area contributed by atoms with Gasteiger partial charge in [0.05, 0.1) is 0 Å². The van der Waals surface area contributed by atoms with Crippen molar-refractivity contribution < 1.29 is 19.8 Å². The Morgan fingerprint density at radius 2 is 1.67 bits per heavy atom. The second kappa shape index (κ2) is 10.6. The van der Waals surface area contributed by atoms with E-state index in [9.17, 15) is 9.59 Å². The summed E-state index contributed by atoms with van der Waals surface area (Å²) in [5.41, 5.74) is 0. The van der Waals surface area contributed by atoms with Crippen LogP contribution >= 0.6 is 0 Å². The van der Waals surface area contributed by atoms with Crippen LogP contribution < -0.4 is 0 Å². The maximum Gasteiger partial charge on any atom is 0.327 e. The van der Waals surface area contributed by atoms with E-state index in [4.69, 9.17) is 10.2 Å². The number of unbranched alkanes of at least 4 members (excludes halogenated alkanes) is 2. The number of aliphatic carboxylic acids is 2. The minimum atomic E-state index is -0.903. The van der Waals surface area contributed by atoms with Crippen molar-refractivity contribution in [2.24, 2.45) is 5.92 Å². The van der Waals surface area contributed by atoms with Crippen molar-refractivity contribution >= 4 is 11.9 Å². The Labute approximate surface area is 108 Å². The van der Waals surface area contributed by atoms with Gasteiger partial charge in [-0.15, -0.1) is 0 Å². The average molecular weight is 254 g/mol. The Bertz CT molecular complexity index is 305. The first-order chi connectivity index (χ1) is 8.56. The topological polar surface area (TPSA) is 74.6 Å². The lowest BCUT2D eigenvalue weighted by molar-refractivity contribution is -0.132. The Kier molecular flexibility index (Phi) is 9.64. The van der Waals surface area contributed by atoms with Crippen molar-refractivity contribution in [3.05, 3.63) is 24.3 Å². The van der Waals surface area contributed by atoms with Crippen LogP contribution in [0.25, 0.3) is 0 Å². The van der Waals surface area contributed by atoms with Crippen molar-refractivity contribution in [3.63, 3.8) is 0 Å². The van der Waals surface area contributed by atoms with Crippen molar-refractivity contribution in [2.45, 2.75) is 45.4 Å². The van der Waals surface area contributed by atoms with Gasteiger partial charge in [0.15, 0.2) is 0 Å². The highest BCUT2D eigenvalue weighted by atomic mass is 16.4. The van der Waals surface area contributed by atoms with Gasteiger partial charge in [-0.05, 0) is 25.2 Å². The van der Waals surface area contributed by atoms with Gasteiger partial charge >= 0.3 is 11.9 Å². The fraction of sp³-hybridized carbons (Fsp3) is 0.571. The first kappa shape index (κ1) is 16.4. The van der Waals surface area contributed by atoms with E-state index >= 15 is 0 Å². The highest BCUT2D eigenvalue weighted by Gasteiger charge is 2.03. The second-order valence-electron chi connectivity index (χ2n) is 4.28. The number of carboxylic acid groups (broad SMARTS) is 2. The van der Waals surface area contributed by atoms with E-state index < -0.39 is 11.9 Å². The maximum atomic E-state index is 10.3. The van der Waals surface area contributed by atoms with Gasteiger partial charge in [0.25, 0.3) is 0 Å². The zero-order valence-electron chi connectivity index (χ0n) is 10.8. The summed E-state index contributed by atoms with van der Waals surface area (Å²) < 4.78 is 0. The van der Waals surface area contributed by atoms with Crippen LogP contribution in [0.1, 0.15) is 45.4 Å². The minimum Gasteiger partial charge on any atom is -0.478 e. The Morgan fingerprint density at radius 1 is 1.06 bits per heavy atom. The predicted molar refractivity (Wildman–Crippen MR) is 70.4 cm³/mol. The molecule has 0 saturated carbocycles. The lowest BCUT2D eigenvalue weighted by Crippen LogP contribution is -1.98. The lowest BCUT2D eigenvalue weighted by Gasteiger charge is -2.11. The molecule has 0 aliphatic carbocycles. The number of carbonyl (C=O) groups is 2. The smallest absolute Gasteiger partial charge is 0.327 e. The number of hydrogen-bond acceptors (Lipinski definition) is 2. The fourth-order valence-electron chi connectivity index (χ4n) is 1.73. The number of carboxylic acids is 2. The largest absolute Gasteiger partial charge is 0.478 e. The van der Waals surface area contributed by atoms with E-state index in [1.54, 1.807) is 12.2 Å². The lowest BCUT2D eigenvalue weighted by atomic mass is 9.95. The van der Waals surface area contributed by atoms with Crippen LogP contribution in [0.5, 0.6) is 0 Å². The van der Waals surface area contributed by atoms with Gasteiger partial charge in [-0.1, -0.05) is 38.3 Å². The Balaban J connectivity index is 3.67. The molecule has 0 heterocycles. The van der Waals surface area contributed by atoms with Crippen LogP contribution in [-0.4, -0.2) is 22.2 Å². The maximum absolute atomic E-state index is 10.3. The molecule has 0 saturated heterocycles. The quantitative estimate of drug-likeness (QED) is 0.463. The first-order valence-electron chi connectivity index (χ1n) is 6.35. The van der Waals surface area contributed by atoms with E-state index in [0.29, 0.717) is 5.92 Å². The zero-order valence-corrected chi connectivity index (χ0v) is 10.8. The van der Waals surface area contributed by atoms with E-state index in [0.717, 1.165) is 38.5 Å². The van der Waals surface area contributed by atoms with Crippen LogP contribution in [0, 0.1) is 5.92 Å². The normalized spacial score (nSPS) is 13.2. The molecule has 0 aromatic carbocycles. The van der Waals surface area contributed by atoms with E-state index in [2.05, 4.69) is 6.92 Å². The van der Waals surface area contributed by atoms with Crippen LogP contribution in [-0.2, 0) is 9.59 Å². The van der Waals surface area contributed by atoms with Gasteiger partial charge in [-0.3, -0.25) is 0 Å². The van der Waals surface area contributed by atoms with Gasteiger partial charge in [0.1, 0.15) is 0 Å². The highest BCUT2D eigenvalue weighted by molar-refractivity contribution is 5.79. The third-order valence-corrected chi connectivity index (χ3v) is 2.80. The molecule has 1 atom stereocenters. The Hall–Kier alpha value is -1.58. The molecule has 0 rings (SSSR count). The molecular formula is C14H22O4. The SMILES string of the molecule is CCC(CC=CC(=O)O)CCCCC=CC(=O)O.